The van der Waals surface area contributed by atoms with Crippen LogP contribution in [-0.2, 0) is 56.1 Å². The summed E-state index contributed by atoms with van der Waals surface area (Å²) in [5.74, 6) is 2.38. The zero-order chi connectivity index (χ0) is 25.7. The molecule has 188 valence electrons. The third kappa shape index (κ3) is 168. The number of hydrogen-bond acceptors (Lipinski definition) is 5. The summed E-state index contributed by atoms with van der Waals surface area (Å²) >= 11 is 4.81. The molecule has 0 aliphatic rings. The molecule has 0 heterocycles. The van der Waals surface area contributed by atoms with Crippen LogP contribution in [-0.4, -0.2) is 24.4 Å². The van der Waals surface area contributed by atoms with Crippen molar-refractivity contribution in [3.63, 3.8) is 0 Å². The van der Waals surface area contributed by atoms with Gasteiger partial charge in [0.05, 0.1) is 0 Å². The van der Waals surface area contributed by atoms with Crippen LogP contribution in [0.4, 0.5) is 0 Å². The van der Waals surface area contributed by atoms with Gasteiger partial charge in [-0.1, -0.05) is 118 Å². The first-order chi connectivity index (χ1) is 14.2. The summed E-state index contributed by atoms with van der Waals surface area (Å²) in [7, 11) is 0. The molecular weight excluding hydrogens is 504 g/mol. The van der Waals surface area contributed by atoms with Gasteiger partial charge in [0.15, 0.2) is 0 Å². The Morgan fingerprint density at radius 3 is 1.21 bits per heavy atom. The van der Waals surface area contributed by atoms with Gasteiger partial charge in [-0.3, -0.25) is 0 Å². The summed E-state index contributed by atoms with van der Waals surface area (Å²) in [6.07, 6.45) is 10.8. The van der Waals surface area contributed by atoms with Gasteiger partial charge < -0.3 is 33.1 Å². The van der Waals surface area contributed by atoms with Gasteiger partial charge in [0.1, 0.15) is 0 Å². The van der Waals surface area contributed by atoms with Gasteiger partial charge >= 0.3 is 43.4 Å². The Kier molecular flexibility index (Phi) is 69.6. The Hall–Kier alpha value is 0.269. The van der Waals surface area contributed by atoms with Gasteiger partial charge in [0.25, 0.3) is 0 Å². The molecule has 0 aliphatic heterocycles. The summed E-state index contributed by atoms with van der Waals surface area (Å²) in [5.41, 5.74) is 0. The van der Waals surface area contributed by atoms with Gasteiger partial charge in [-0.15, -0.1) is 24.4 Å². The molecule has 0 spiro atoms. The molecule has 33 heavy (non-hydrogen) atoms. The Labute approximate surface area is 241 Å². The number of rotatable bonds is 4. The van der Waals surface area contributed by atoms with Crippen molar-refractivity contribution < 1.29 is 63.9 Å². The van der Waals surface area contributed by atoms with Crippen LogP contribution >= 0.6 is 0 Å². The molecule has 0 saturated carbocycles. The van der Waals surface area contributed by atoms with E-state index in [1.54, 1.807) is 55.4 Å². The number of unbranched alkanes of at least 4 members (excludes halogenated alkanes) is 4. The van der Waals surface area contributed by atoms with E-state index in [9.17, 15) is 20.4 Å². The third-order valence-corrected chi connectivity index (χ3v) is 2.17. The number of benzene rings is 1. The van der Waals surface area contributed by atoms with Crippen LogP contribution < -0.4 is 20.4 Å². The van der Waals surface area contributed by atoms with Gasteiger partial charge in [-0.25, -0.2) is 0 Å². The van der Waals surface area contributed by atoms with Crippen molar-refractivity contribution in [3.8, 4) is 5.92 Å². The van der Waals surface area contributed by atoms with Crippen LogP contribution in [0.2, 0.25) is 0 Å². The van der Waals surface area contributed by atoms with Crippen LogP contribution in [0.15, 0.2) is 35.2 Å². The summed E-state index contributed by atoms with van der Waals surface area (Å²) in [6, 6.07) is 9.62. The Morgan fingerprint density at radius 1 is 0.727 bits per heavy atom. The summed E-state index contributed by atoms with van der Waals surface area (Å²) in [4.78, 5) is 0.905. The monoisotopic (exact) mass is 550 g/mol. The normalized spacial score (nSPS) is 8.24. The number of hydrogen-bond donors (Lipinski definition) is 0. The van der Waals surface area contributed by atoms with E-state index in [1.807, 2.05) is 30.3 Å². The van der Waals surface area contributed by atoms with E-state index in [1.165, 1.54) is 19.3 Å². The van der Waals surface area contributed by atoms with E-state index in [-0.39, 0.29) is 43.4 Å². The topological polar surface area (TPSA) is 92.2 Å². The minimum Gasteiger partial charge on any atom is -0.852 e. The predicted octanol–water partition coefficient (Wildman–Crippen LogP) is 3.15. The van der Waals surface area contributed by atoms with E-state index in [0.29, 0.717) is 0 Å². The quantitative estimate of drug-likeness (QED) is 0.249. The van der Waals surface area contributed by atoms with Crippen molar-refractivity contribution in [1.82, 2.24) is 0 Å². The smallest absolute Gasteiger partial charge is 0.852 e. The molecule has 0 atom stereocenters. The second-order valence-electron chi connectivity index (χ2n) is 7.50. The average Bonchev–Trinajstić information content (AvgIpc) is 2.58. The molecule has 1 aromatic rings. The molecule has 0 bridgehead atoms. The molecule has 0 aliphatic carbocycles. The van der Waals surface area contributed by atoms with Crippen molar-refractivity contribution in [2.24, 2.45) is 0 Å². The maximum atomic E-state index is 9.53. The largest absolute Gasteiger partial charge is 3.00 e. The Balaban J connectivity index is -0.0000000501. The van der Waals surface area contributed by atoms with Crippen LogP contribution in [0.1, 0.15) is 94.4 Å². The summed E-state index contributed by atoms with van der Waals surface area (Å²) < 4.78 is 0. The van der Waals surface area contributed by atoms with E-state index in [0.717, 1.165) is 17.7 Å². The van der Waals surface area contributed by atoms with Gasteiger partial charge in [-0.2, -0.15) is 4.90 Å². The zero-order valence-electron chi connectivity index (χ0n) is 22.3. The molecule has 0 amide bonds. The van der Waals surface area contributed by atoms with Crippen molar-refractivity contribution in [2.75, 3.05) is 0 Å². The fraction of sp³-hybridized carbons (Fsp3) is 0.692. The van der Waals surface area contributed by atoms with Crippen LogP contribution in [0.25, 0.3) is 0 Å². The first kappa shape index (κ1) is 50.2. The molecule has 0 saturated heterocycles. The average molecular weight is 550 g/mol. The standard InChI is InChI=1S/C8H13.C6H6S.4C3H7O.2Ti/c1-3-5-7-8-6-4-2;7-6-4-2-1-3-5-6;4*1-3(2)4;;/h3,5-8H2,1H3;1-5,7H;4*3H,1-2H3;;/q;;4*-1;+2;+3/p-1. The van der Waals surface area contributed by atoms with Crippen molar-refractivity contribution in [3.05, 3.63) is 36.8 Å². The molecule has 0 aromatic heterocycles. The Morgan fingerprint density at radius 2 is 1.03 bits per heavy atom. The van der Waals surface area contributed by atoms with E-state index in [2.05, 4.69) is 12.8 Å². The van der Waals surface area contributed by atoms with Crippen molar-refractivity contribution >= 4 is 12.6 Å². The molecule has 4 nitrogen and oxygen atoms in total. The first-order valence-corrected chi connectivity index (χ1v) is 11.4. The molecule has 2 radical (unpaired) electrons. The zero-order valence-corrected chi connectivity index (χ0v) is 26.2. The molecule has 1 rings (SSSR count). The predicted molar refractivity (Wildman–Crippen MR) is 129 cm³/mol. The van der Waals surface area contributed by atoms with Gasteiger partial charge in [0, 0.05) is 6.42 Å². The summed E-state index contributed by atoms with van der Waals surface area (Å²) in [6.45, 7) is 15.1. The second-order valence-corrected chi connectivity index (χ2v) is 7.97. The molecular formula is C26H46O4STi2. The fourth-order valence-electron chi connectivity index (χ4n) is 1.06. The van der Waals surface area contributed by atoms with Crippen molar-refractivity contribution in [1.29, 1.82) is 0 Å². The van der Waals surface area contributed by atoms with Crippen molar-refractivity contribution in [2.45, 2.75) is 124 Å². The van der Waals surface area contributed by atoms with E-state index in [4.69, 9.17) is 19.1 Å². The second kappa shape index (κ2) is 45.7. The molecule has 7 heteroatoms. The van der Waals surface area contributed by atoms with E-state index < -0.39 is 24.4 Å². The third-order valence-electron chi connectivity index (χ3n) is 1.90. The maximum absolute atomic E-state index is 9.53. The molecule has 0 N–H and O–H groups in total. The summed E-state index contributed by atoms with van der Waals surface area (Å²) in [5, 5.41) is 38.1. The van der Waals surface area contributed by atoms with Gasteiger partial charge in [0.2, 0.25) is 0 Å². The maximum Gasteiger partial charge on any atom is 3.00 e. The minimum absolute atomic E-state index is 0. The van der Waals surface area contributed by atoms with E-state index >= 15 is 0 Å². The fourth-order valence-corrected chi connectivity index (χ4v) is 1.22. The van der Waals surface area contributed by atoms with Crippen LogP contribution in [0.5, 0.6) is 0 Å². The first-order valence-electron chi connectivity index (χ1n) is 11.0. The molecule has 1 aromatic carbocycles. The van der Waals surface area contributed by atoms with Crippen LogP contribution in [0, 0.1) is 12.3 Å². The molecule has 0 unspecified atom stereocenters. The SMILES string of the molecule is CC(C)[O-].CC(C)[O-].CC(C)[O-].CC(C)[O-].[C]#CCCCCCC.[S-]c1ccccc1.[Ti+2].[Ti+3]. The van der Waals surface area contributed by atoms with Crippen LogP contribution in [0.3, 0.4) is 0 Å². The molecule has 0 fully saturated rings. The van der Waals surface area contributed by atoms with Gasteiger partial charge in [-0.05, 0) is 12.8 Å². The minimum atomic E-state index is -0.417. The Bertz CT molecular complexity index is 403.